The maximum absolute atomic E-state index is 13.0. The molecule has 6 rings (SSSR count). The van der Waals surface area contributed by atoms with Gasteiger partial charge in [0.1, 0.15) is 5.76 Å². The number of furan rings is 1. The smallest absolute Gasteiger partial charge is 0.287 e. The second-order valence-electron chi connectivity index (χ2n) is 10.1. The second kappa shape index (κ2) is 7.03. The van der Waals surface area contributed by atoms with Crippen molar-refractivity contribution in [3.05, 3.63) is 41.1 Å². The first-order valence-electron chi connectivity index (χ1n) is 11.3. The van der Waals surface area contributed by atoms with E-state index >= 15 is 0 Å². The van der Waals surface area contributed by atoms with Crippen molar-refractivity contribution in [2.45, 2.75) is 78.3 Å². The summed E-state index contributed by atoms with van der Waals surface area (Å²) in [4.78, 5) is 13.0. The molecule has 1 atom stereocenters. The Balaban J connectivity index is 1.28. The van der Waals surface area contributed by atoms with E-state index in [2.05, 4.69) is 17.3 Å². The Morgan fingerprint density at radius 2 is 1.86 bits per heavy atom. The molecular weight excluding hydrogens is 362 g/mol. The molecular formula is C24H33N3O2. The maximum Gasteiger partial charge on any atom is 0.287 e. The predicted molar refractivity (Wildman–Crippen MR) is 112 cm³/mol. The molecule has 0 aromatic carbocycles. The normalized spacial score (nSPS) is 31.2. The fraction of sp³-hybridized carbons (Fsp3) is 0.667. The minimum Gasteiger partial charge on any atom is -0.454 e. The summed E-state index contributed by atoms with van der Waals surface area (Å²) in [5, 5.41) is 7.86. The van der Waals surface area contributed by atoms with Crippen molar-refractivity contribution in [3.8, 4) is 0 Å². The summed E-state index contributed by atoms with van der Waals surface area (Å²) in [6.07, 6.45) is 9.20. The van der Waals surface area contributed by atoms with Crippen molar-refractivity contribution < 1.29 is 9.21 Å². The minimum absolute atomic E-state index is 0.0628. The minimum atomic E-state index is -0.0628. The third kappa shape index (κ3) is 3.43. The Hall–Kier alpha value is -2.04. The highest BCUT2D eigenvalue weighted by atomic mass is 16.4. The van der Waals surface area contributed by atoms with E-state index in [1.165, 1.54) is 38.5 Å². The van der Waals surface area contributed by atoms with Gasteiger partial charge in [0.2, 0.25) is 0 Å². The van der Waals surface area contributed by atoms with Crippen LogP contribution in [0.2, 0.25) is 0 Å². The Bertz CT molecular complexity index is 874. The molecule has 5 heteroatoms. The van der Waals surface area contributed by atoms with E-state index in [9.17, 15) is 4.79 Å². The lowest BCUT2D eigenvalue weighted by molar-refractivity contribution is -0.0728. The largest absolute Gasteiger partial charge is 0.454 e. The van der Waals surface area contributed by atoms with Gasteiger partial charge in [0.05, 0.1) is 12.2 Å². The van der Waals surface area contributed by atoms with Crippen molar-refractivity contribution in [2.24, 2.45) is 23.2 Å². The quantitative estimate of drug-likeness (QED) is 0.759. The van der Waals surface area contributed by atoms with Crippen molar-refractivity contribution in [3.63, 3.8) is 0 Å². The van der Waals surface area contributed by atoms with Gasteiger partial charge in [-0.3, -0.25) is 9.48 Å². The van der Waals surface area contributed by atoms with E-state index in [1.807, 2.05) is 36.7 Å². The molecule has 4 fully saturated rings. The third-order valence-electron chi connectivity index (χ3n) is 7.83. The highest BCUT2D eigenvalue weighted by molar-refractivity contribution is 5.91. The number of nitrogens with one attached hydrogen (secondary N) is 1. The summed E-state index contributed by atoms with van der Waals surface area (Å²) in [5.41, 5.74) is 2.41. The Morgan fingerprint density at radius 1 is 1.21 bits per heavy atom. The molecule has 1 amide bonds. The highest BCUT2D eigenvalue weighted by Crippen LogP contribution is 2.61. The molecule has 4 aliphatic rings. The second-order valence-corrected chi connectivity index (χ2v) is 10.1. The monoisotopic (exact) mass is 395 g/mol. The van der Waals surface area contributed by atoms with Crippen LogP contribution in [0.25, 0.3) is 0 Å². The van der Waals surface area contributed by atoms with E-state index in [-0.39, 0.29) is 11.9 Å². The average molecular weight is 396 g/mol. The lowest BCUT2D eigenvalue weighted by Crippen LogP contribution is -2.56. The number of rotatable bonds is 6. The van der Waals surface area contributed by atoms with Crippen molar-refractivity contribution in [1.82, 2.24) is 15.1 Å². The van der Waals surface area contributed by atoms with Crippen LogP contribution in [0.3, 0.4) is 0 Å². The Morgan fingerprint density at radius 3 is 2.41 bits per heavy atom. The van der Waals surface area contributed by atoms with Gasteiger partial charge in [-0.15, -0.1) is 0 Å². The zero-order chi connectivity index (χ0) is 20.2. The van der Waals surface area contributed by atoms with Crippen LogP contribution in [0.1, 0.15) is 79.6 Å². The molecule has 1 N–H and O–H groups in total. The standard InChI is InChI=1S/C24H33N3O2/c1-4-22(24-11-17-8-18(12-24)10-19(9-17)13-24)25-23(28)21-6-5-20(29-21)14-27-16(3)7-15(2)26-27/h5-7,17-19,22H,4,8-14H2,1-3H3,(H,25,28). The van der Waals surface area contributed by atoms with Gasteiger partial charge in [-0.05, 0) is 100 Å². The topological polar surface area (TPSA) is 60.1 Å². The van der Waals surface area contributed by atoms with Gasteiger partial charge in [-0.1, -0.05) is 6.92 Å². The fourth-order valence-corrected chi connectivity index (χ4v) is 7.09. The number of nitrogens with zero attached hydrogens (tertiary/aromatic N) is 2. The van der Waals surface area contributed by atoms with E-state index in [0.717, 1.165) is 41.3 Å². The van der Waals surface area contributed by atoms with E-state index in [4.69, 9.17) is 4.42 Å². The van der Waals surface area contributed by atoms with Gasteiger partial charge in [0.25, 0.3) is 5.91 Å². The SMILES string of the molecule is CCC(NC(=O)c1ccc(Cn2nc(C)cc2C)o1)C12CC3CC(CC(C3)C1)C2. The molecule has 4 bridgehead atoms. The molecule has 2 aromatic rings. The summed E-state index contributed by atoms with van der Waals surface area (Å²) >= 11 is 0. The summed E-state index contributed by atoms with van der Waals surface area (Å²) in [6, 6.07) is 6.01. The molecule has 0 saturated heterocycles. The first-order chi connectivity index (χ1) is 13.9. The molecule has 4 saturated carbocycles. The zero-order valence-corrected chi connectivity index (χ0v) is 17.9. The van der Waals surface area contributed by atoms with Crippen molar-refractivity contribution in [1.29, 1.82) is 0 Å². The van der Waals surface area contributed by atoms with Crippen LogP contribution in [-0.4, -0.2) is 21.7 Å². The fourth-order valence-electron chi connectivity index (χ4n) is 7.09. The van der Waals surface area contributed by atoms with Gasteiger partial charge in [0.15, 0.2) is 5.76 Å². The molecule has 0 spiro atoms. The van der Waals surface area contributed by atoms with Gasteiger partial charge in [-0.25, -0.2) is 0 Å². The molecule has 156 valence electrons. The first kappa shape index (κ1) is 19.0. The number of carbonyl (C=O) groups is 1. The van der Waals surface area contributed by atoms with Crippen molar-refractivity contribution in [2.75, 3.05) is 0 Å². The zero-order valence-electron chi connectivity index (χ0n) is 17.9. The molecule has 0 aliphatic heterocycles. The number of aromatic nitrogens is 2. The number of hydrogen-bond donors (Lipinski definition) is 1. The molecule has 29 heavy (non-hydrogen) atoms. The van der Waals surface area contributed by atoms with Gasteiger partial charge < -0.3 is 9.73 Å². The van der Waals surface area contributed by atoms with Crippen LogP contribution in [0.15, 0.2) is 22.6 Å². The Labute approximate surface area is 173 Å². The first-order valence-corrected chi connectivity index (χ1v) is 11.3. The number of carbonyl (C=O) groups excluding carboxylic acids is 1. The summed E-state index contributed by atoms with van der Waals surface area (Å²) in [5.74, 6) is 3.80. The maximum atomic E-state index is 13.0. The summed E-state index contributed by atoms with van der Waals surface area (Å²) < 4.78 is 7.82. The molecule has 5 nitrogen and oxygen atoms in total. The van der Waals surface area contributed by atoms with Crippen LogP contribution in [0.5, 0.6) is 0 Å². The number of aryl methyl sites for hydroxylation is 2. The lowest BCUT2D eigenvalue weighted by atomic mass is 9.47. The lowest BCUT2D eigenvalue weighted by Gasteiger charge is -2.59. The molecule has 0 radical (unpaired) electrons. The van der Waals surface area contributed by atoms with Crippen LogP contribution in [-0.2, 0) is 6.54 Å². The number of hydrogen-bond acceptors (Lipinski definition) is 3. The molecule has 1 unspecified atom stereocenters. The number of amides is 1. The van der Waals surface area contributed by atoms with Crippen LogP contribution < -0.4 is 5.32 Å². The van der Waals surface area contributed by atoms with Gasteiger partial charge in [-0.2, -0.15) is 5.10 Å². The Kier molecular flexibility index (Phi) is 4.60. The third-order valence-corrected chi connectivity index (χ3v) is 7.83. The molecule has 4 aliphatic carbocycles. The van der Waals surface area contributed by atoms with Crippen LogP contribution in [0.4, 0.5) is 0 Å². The van der Waals surface area contributed by atoms with Gasteiger partial charge >= 0.3 is 0 Å². The highest BCUT2D eigenvalue weighted by Gasteiger charge is 2.54. The van der Waals surface area contributed by atoms with Crippen molar-refractivity contribution >= 4 is 5.91 Å². The molecule has 2 aromatic heterocycles. The molecule has 2 heterocycles. The summed E-state index contributed by atoms with van der Waals surface area (Å²) in [7, 11) is 0. The summed E-state index contributed by atoms with van der Waals surface area (Å²) in [6.45, 7) is 6.80. The van der Waals surface area contributed by atoms with Gasteiger partial charge in [0, 0.05) is 11.7 Å². The predicted octanol–water partition coefficient (Wildman–Crippen LogP) is 4.87. The van der Waals surface area contributed by atoms with E-state index in [0.29, 0.717) is 17.7 Å². The van der Waals surface area contributed by atoms with Crippen LogP contribution in [0, 0.1) is 37.0 Å². The van der Waals surface area contributed by atoms with E-state index < -0.39 is 0 Å². The van der Waals surface area contributed by atoms with E-state index in [1.54, 1.807) is 0 Å². The average Bonchev–Trinajstić information content (AvgIpc) is 3.24. The van der Waals surface area contributed by atoms with Crippen LogP contribution >= 0.6 is 0 Å².